The highest BCUT2D eigenvalue weighted by Crippen LogP contribution is 2.29. The lowest BCUT2D eigenvalue weighted by Gasteiger charge is -2.30. The zero-order valence-corrected chi connectivity index (χ0v) is 14.7. The second-order valence-corrected chi connectivity index (χ2v) is 5.67. The van der Waals surface area contributed by atoms with Crippen molar-refractivity contribution < 1.29 is 14.3 Å². The summed E-state index contributed by atoms with van der Waals surface area (Å²) < 4.78 is 5.16. The molecule has 2 unspecified atom stereocenters. The summed E-state index contributed by atoms with van der Waals surface area (Å²) in [6.07, 6.45) is 0. The number of ether oxygens (including phenoxy) is 1. The minimum Gasteiger partial charge on any atom is -0.465 e. The number of carbonyl (C=O) groups excluding carboxylic acids is 2. The average molecular weight is 331 g/mol. The molecule has 6 nitrogen and oxygen atoms in total. The van der Waals surface area contributed by atoms with Crippen LogP contribution in [-0.2, 0) is 9.53 Å². The van der Waals surface area contributed by atoms with E-state index in [1.54, 1.807) is 13.8 Å². The maximum absolute atomic E-state index is 12.3. The van der Waals surface area contributed by atoms with Crippen LogP contribution in [0, 0.1) is 5.92 Å². The van der Waals surface area contributed by atoms with Crippen molar-refractivity contribution in [2.75, 3.05) is 24.6 Å². The lowest BCUT2D eigenvalue weighted by atomic mass is 9.88. The molecule has 1 aromatic rings. The Balaban J connectivity index is 2.31. The van der Waals surface area contributed by atoms with E-state index < -0.39 is 18.0 Å². The third-order valence-corrected chi connectivity index (χ3v) is 4.26. The van der Waals surface area contributed by atoms with Gasteiger partial charge >= 0.3 is 12.0 Å². The van der Waals surface area contributed by atoms with Crippen LogP contribution in [0.4, 0.5) is 10.5 Å². The summed E-state index contributed by atoms with van der Waals surface area (Å²) in [5.74, 6) is -0.960. The van der Waals surface area contributed by atoms with Crippen molar-refractivity contribution in [2.24, 2.45) is 10.9 Å². The molecule has 130 valence electrons. The topological polar surface area (TPSA) is 71.0 Å². The predicted octanol–water partition coefficient (Wildman–Crippen LogP) is 2.94. The highest BCUT2D eigenvalue weighted by atomic mass is 16.5. The van der Waals surface area contributed by atoms with Crippen LogP contribution in [0.2, 0.25) is 0 Å². The van der Waals surface area contributed by atoms with Crippen LogP contribution in [0.5, 0.6) is 0 Å². The Kier molecular flexibility index (Phi) is 5.95. The zero-order valence-electron chi connectivity index (χ0n) is 14.7. The van der Waals surface area contributed by atoms with E-state index in [-0.39, 0.29) is 5.97 Å². The molecule has 2 amide bonds. The monoisotopic (exact) mass is 331 g/mol. The lowest BCUT2D eigenvalue weighted by molar-refractivity contribution is -0.146. The largest absolute Gasteiger partial charge is 0.465 e. The number of amides is 2. The first-order valence-corrected chi connectivity index (χ1v) is 8.39. The first-order chi connectivity index (χ1) is 11.5. The van der Waals surface area contributed by atoms with Gasteiger partial charge in [-0.15, -0.1) is 0 Å². The van der Waals surface area contributed by atoms with E-state index >= 15 is 0 Å². The van der Waals surface area contributed by atoms with Gasteiger partial charge in [-0.1, -0.05) is 12.1 Å². The molecule has 2 atom stereocenters. The SMILES string of the molecule is CCOC(=O)C1C(C)=NC(=O)NC1c1ccc(N(CC)CC)cc1. The Hall–Kier alpha value is -2.37. The second kappa shape index (κ2) is 7.95. The molecule has 1 aliphatic heterocycles. The van der Waals surface area contributed by atoms with Crippen molar-refractivity contribution in [3.63, 3.8) is 0 Å². The van der Waals surface area contributed by atoms with Gasteiger partial charge in [-0.3, -0.25) is 4.79 Å². The highest BCUT2D eigenvalue weighted by Gasteiger charge is 2.37. The third kappa shape index (κ3) is 3.75. The van der Waals surface area contributed by atoms with Crippen molar-refractivity contribution >= 4 is 23.4 Å². The van der Waals surface area contributed by atoms with E-state index in [2.05, 4.69) is 29.1 Å². The van der Waals surface area contributed by atoms with Crippen molar-refractivity contribution in [3.05, 3.63) is 29.8 Å². The molecular weight excluding hydrogens is 306 g/mol. The summed E-state index contributed by atoms with van der Waals surface area (Å²) in [7, 11) is 0. The number of anilines is 1. The van der Waals surface area contributed by atoms with Crippen LogP contribution in [0.1, 0.15) is 39.3 Å². The van der Waals surface area contributed by atoms with Gasteiger partial charge in [0, 0.05) is 24.5 Å². The Labute approximate surface area is 142 Å². The molecule has 0 aromatic heterocycles. The van der Waals surface area contributed by atoms with Crippen molar-refractivity contribution in [1.82, 2.24) is 5.32 Å². The van der Waals surface area contributed by atoms with E-state index in [1.165, 1.54) is 0 Å². The maximum atomic E-state index is 12.3. The molecule has 2 rings (SSSR count). The van der Waals surface area contributed by atoms with Crippen LogP contribution in [0.15, 0.2) is 29.3 Å². The number of aliphatic imine (C=N–C) groups is 1. The number of nitrogens with one attached hydrogen (secondary N) is 1. The van der Waals surface area contributed by atoms with Gasteiger partial charge in [-0.25, -0.2) is 9.79 Å². The fourth-order valence-corrected chi connectivity index (χ4v) is 3.02. The van der Waals surface area contributed by atoms with E-state index in [9.17, 15) is 9.59 Å². The van der Waals surface area contributed by atoms with Gasteiger partial charge in [0.05, 0.1) is 12.6 Å². The van der Waals surface area contributed by atoms with E-state index in [0.717, 1.165) is 24.3 Å². The highest BCUT2D eigenvalue weighted by molar-refractivity contribution is 6.08. The Morgan fingerprint density at radius 2 is 1.83 bits per heavy atom. The first kappa shape index (κ1) is 18.0. The zero-order chi connectivity index (χ0) is 17.7. The van der Waals surface area contributed by atoms with Crippen LogP contribution in [0.25, 0.3) is 0 Å². The summed E-state index contributed by atoms with van der Waals surface area (Å²) in [6, 6.07) is 7.04. The van der Waals surface area contributed by atoms with Gasteiger partial charge in [0.2, 0.25) is 0 Å². The number of carbonyl (C=O) groups is 2. The van der Waals surface area contributed by atoms with E-state index in [4.69, 9.17) is 4.74 Å². The summed E-state index contributed by atoms with van der Waals surface area (Å²) in [5.41, 5.74) is 2.46. The molecule has 0 spiro atoms. The normalized spacial score (nSPS) is 20.2. The maximum Gasteiger partial charge on any atom is 0.341 e. The Morgan fingerprint density at radius 1 is 1.21 bits per heavy atom. The predicted molar refractivity (Wildman–Crippen MR) is 94.5 cm³/mol. The molecule has 24 heavy (non-hydrogen) atoms. The molecule has 0 saturated carbocycles. The summed E-state index contributed by atoms with van der Waals surface area (Å²) in [6.45, 7) is 9.81. The number of benzene rings is 1. The number of hydrogen-bond acceptors (Lipinski definition) is 4. The first-order valence-electron chi connectivity index (χ1n) is 8.39. The van der Waals surface area contributed by atoms with E-state index in [0.29, 0.717) is 12.3 Å². The Bertz CT molecular complexity index is 621. The van der Waals surface area contributed by atoms with Crippen molar-refractivity contribution in [2.45, 2.75) is 33.7 Å². The minimum atomic E-state index is -0.595. The standard InChI is InChI=1S/C18H25N3O3/c1-5-21(6-2)14-10-8-13(9-11-14)16-15(17(22)24-7-3)12(4)19-18(23)20-16/h8-11,15-16H,5-7H2,1-4H3,(H,20,23). The van der Waals surface area contributed by atoms with E-state index in [1.807, 2.05) is 24.3 Å². The number of esters is 1. The van der Waals surface area contributed by atoms with Crippen LogP contribution >= 0.6 is 0 Å². The smallest absolute Gasteiger partial charge is 0.341 e. The molecule has 1 heterocycles. The molecule has 1 aromatic carbocycles. The number of urea groups is 1. The molecule has 1 N–H and O–H groups in total. The number of hydrogen-bond donors (Lipinski definition) is 1. The fraction of sp³-hybridized carbons (Fsp3) is 0.500. The quantitative estimate of drug-likeness (QED) is 0.814. The lowest BCUT2D eigenvalue weighted by Crippen LogP contribution is -2.44. The second-order valence-electron chi connectivity index (χ2n) is 5.67. The van der Waals surface area contributed by atoms with Crippen LogP contribution < -0.4 is 10.2 Å². The van der Waals surface area contributed by atoms with Crippen molar-refractivity contribution in [3.8, 4) is 0 Å². The molecular formula is C18H25N3O3. The summed E-state index contributed by atoms with van der Waals surface area (Å²) >= 11 is 0. The van der Waals surface area contributed by atoms with Gasteiger partial charge in [0.25, 0.3) is 0 Å². The molecule has 1 aliphatic rings. The minimum absolute atomic E-state index is 0.296. The van der Waals surface area contributed by atoms with Gasteiger partial charge in [0.15, 0.2) is 0 Å². The van der Waals surface area contributed by atoms with Crippen LogP contribution in [0.3, 0.4) is 0 Å². The summed E-state index contributed by atoms with van der Waals surface area (Å²) in [5, 5.41) is 2.79. The number of nitrogens with zero attached hydrogens (tertiary/aromatic N) is 2. The number of rotatable bonds is 6. The fourth-order valence-electron chi connectivity index (χ4n) is 3.02. The molecule has 0 bridgehead atoms. The molecule has 0 fully saturated rings. The van der Waals surface area contributed by atoms with Gasteiger partial charge in [0.1, 0.15) is 5.92 Å². The van der Waals surface area contributed by atoms with Gasteiger partial charge in [-0.05, 0) is 45.4 Å². The van der Waals surface area contributed by atoms with Crippen LogP contribution in [-0.4, -0.2) is 37.4 Å². The molecule has 0 aliphatic carbocycles. The molecule has 0 radical (unpaired) electrons. The van der Waals surface area contributed by atoms with Gasteiger partial charge in [-0.2, -0.15) is 0 Å². The Morgan fingerprint density at radius 3 is 2.38 bits per heavy atom. The van der Waals surface area contributed by atoms with Crippen molar-refractivity contribution in [1.29, 1.82) is 0 Å². The summed E-state index contributed by atoms with van der Waals surface area (Å²) in [4.78, 5) is 30.2. The average Bonchev–Trinajstić information content (AvgIpc) is 2.56. The third-order valence-electron chi connectivity index (χ3n) is 4.26. The molecule has 6 heteroatoms. The molecule has 0 saturated heterocycles. The van der Waals surface area contributed by atoms with Gasteiger partial charge < -0.3 is 15.0 Å².